The number of benzene rings is 2. The van der Waals surface area contributed by atoms with Crippen LogP contribution in [0.25, 0.3) is 0 Å². The molecule has 0 aromatic heterocycles. The smallest absolute Gasteiger partial charge is 0.319 e. The zero-order chi connectivity index (χ0) is 16.8. The van der Waals surface area contributed by atoms with E-state index in [-0.39, 0.29) is 6.03 Å². The minimum Gasteiger partial charge on any atom is -0.399 e. The second kappa shape index (κ2) is 9.00. The Morgan fingerprint density at radius 2 is 2.13 bits per heavy atom. The first-order valence-corrected chi connectivity index (χ1v) is 10.3. The van der Waals surface area contributed by atoms with Gasteiger partial charge in [-0.1, -0.05) is 40.3 Å². The molecule has 4 N–H and O–H groups in total. The number of anilines is 2. The van der Waals surface area contributed by atoms with Gasteiger partial charge in [0.15, 0.2) is 0 Å². The van der Waals surface area contributed by atoms with Gasteiger partial charge in [-0.3, -0.25) is 0 Å². The summed E-state index contributed by atoms with van der Waals surface area (Å²) in [5.41, 5.74) is 8.04. The number of nitrogen functional groups attached to an aromatic ring is 1. The fourth-order valence-corrected chi connectivity index (χ4v) is 4.21. The zero-order valence-corrected chi connectivity index (χ0v) is 17.2. The van der Waals surface area contributed by atoms with Gasteiger partial charge in [0.05, 0.1) is 4.55 Å². The third kappa shape index (κ3) is 5.44. The van der Waals surface area contributed by atoms with E-state index in [1.807, 2.05) is 36.4 Å². The van der Waals surface area contributed by atoms with Gasteiger partial charge >= 0.3 is 6.03 Å². The van der Waals surface area contributed by atoms with Gasteiger partial charge in [0.25, 0.3) is 0 Å². The molecule has 0 bridgehead atoms. The molecule has 8 heteroatoms. The Bertz CT molecular complexity index is 717. The number of rotatable bonds is 5. The van der Waals surface area contributed by atoms with Crippen LogP contribution in [0, 0.1) is 0 Å². The number of alkyl halides is 1. The van der Waals surface area contributed by atoms with E-state index in [4.69, 9.17) is 17.3 Å². The molecule has 2 aromatic carbocycles. The van der Waals surface area contributed by atoms with Crippen LogP contribution in [0.2, 0.25) is 5.02 Å². The molecule has 0 saturated carbocycles. The third-order valence-corrected chi connectivity index (χ3v) is 5.68. The van der Waals surface area contributed by atoms with Gasteiger partial charge in [-0.05, 0) is 46.3 Å². The Morgan fingerprint density at radius 3 is 2.83 bits per heavy atom. The predicted octanol–water partition coefficient (Wildman–Crippen LogP) is 5.49. The second-order valence-electron chi connectivity index (χ2n) is 4.51. The molecule has 0 atom stereocenters. The molecule has 0 fully saturated rings. The van der Waals surface area contributed by atoms with Crippen molar-refractivity contribution in [1.82, 2.24) is 5.32 Å². The van der Waals surface area contributed by atoms with Crippen LogP contribution in [0.1, 0.15) is 5.56 Å². The van der Waals surface area contributed by atoms with Gasteiger partial charge < -0.3 is 16.4 Å². The molecule has 4 nitrogen and oxygen atoms in total. The van der Waals surface area contributed by atoms with Crippen LogP contribution < -0.4 is 16.4 Å². The molecule has 0 radical (unpaired) electrons. The van der Waals surface area contributed by atoms with Crippen LogP contribution in [0.5, 0.6) is 0 Å². The molecule has 0 spiro atoms. The lowest BCUT2D eigenvalue weighted by Gasteiger charge is -2.13. The van der Waals surface area contributed by atoms with Crippen molar-refractivity contribution in [1.29, 1.82) is 0 Å². The summed E-state index contributed by atoms with van der Waals surface area (Å²) in [5.74, 6) is 0.627. The first-order valence-electron chi connectivity index (χ1n) is 6.57. The molecule has 0 unspecified atom stereocenters. The maximum Gasteiger partial charge on any atom is 0.319 e. The van der Waals surface area contributed by atoms with Crippen LogP contribution in [0.15, 0.2) is 45.8 Å². The molecule has 0 aliphatic heterocycles. The number of halogens is 3. The van der Waals surface area contributed by atoms with Crippen LogP contribution in [0.3, 0.4) is 0 Å². The quantitative estimate of drug-likeness (QED) is 0.159. The lowest BCUT2D eigenvalue weighted by Crippen LogP contribution is -2.27. The Morgan fingerprint density at radius 1 is 1.35 bits per heavy atom. The van der Waals surface area contributed by atoms with E-state index in [1.165, 1.54) is 0 Å². The lowest BCUT2D eigenvalue weighted by molar-refractivity contribution is 0.253. The van der Waals surface area contributed by atoms with Crippen molar-refractivity contribution in [3.05, 3.63) is 51.5 Å². The van der Waals surface area contributed by atoms with Crippen LogP contribution in [-0.2, 0) is 5.75 Å². The van der Waals surface area contributed by atoms with Gasteiger partial charge in [0.1, 0.15) is 0 Å². The van der Waals surface area contributed by atoms with E-state index < -0.39 is 0 Å². The van der Waals surface area contributed by atoms with E-state index in [1.54, 1.807) is 11.8 Å². The molecule has 0 aliphatic rings. The summed E-state index contributed by atoms with van der Waals surface area (Å²) < 4.78 is 1.47. The maximum absolute atomic E-state index is 11.7. The lowest BCUT2D eigenvalue weighted by atomic mass is 10.2. The minimum absolute atomic E-state index is 0.249. The van der Waals surface area contributed by atoms with E-state index in [9.17, 15) is 4.79 Å². The number of hydrogen-bond donors (Lipinski definition) is 3. The number of nitrogens with two attached hydrogens (primary N) is 1. The summed E-state index contributed by atoms with van der Waals surface area (Å²) in [6, 6.07) is 10.9. The number of nitrogens with one attached hydrogen (secondary N) is 2. The first kappa shape index (κ1) is 18.7. The van der Waals surface area contributed by atoms with E-state index in [2.05, 4.69) is 49.2 Å². The molecule has 2 rings (SSSR count). The summed E-state index contributed by atoms with van der Waals surface area (Å²) in [4.78, 5) is 12.8. The largest absolute Gasteiger partial charge is 0.399 e. The molecular formula is C15H14BrClIN3OS. The summed E-state index contributed by atoms with van der Waals surface area (Å²) in [7, 11) is 0. The van der Waals surface area contributed by atoms with Gasteiger partial charge in [-0.15, -0.1) is 11.8 Å². The number of carbonyl (C=O) groups excluding carboxylic acids is 1. The van der Waals surface area contributed by atoms with Crippen molar-refractivity contribution in [3.8, 4) is 0 Å². The van der Waals surface area contributed by atoms with Crippen LogP contribution >= 0.6 is 61.9 Å². The summed E-state index contributed by atoms with van der Waals surface area (Å²) in [5, 5.41) is 6.14. The van der Waals surface area contributed by atoms with E-state index in [0.717, 1.165) is 14.9 Å². The van der Waals surface area contributed by atoms with Crippen molar-refractivity contribution in [2.75, 3.05) is 15.6 Å². The number of thioether (sulfide) groups is 1. The zero-order valence-electron chi connectivity index (χ0n) is 11.9. The highest BCUT2D eigenvalue weighted by Crippen LogP contribution is 2.35. The number of hydrogen-bond acceptors (Lipinski definition) is 3. The number of urea groups is 1. The molecule has 23 heavy (non-hydrogen) atoms. The molecule has 0 heterocycles. The van der Waals surface area contributed by atoms with Gasteiger partial charge in [-0.2, -0.15) is 0 Å². The van der Waals surface area contributed by atoms with Gasteiger partial charge in [0.2, 0.25) is 0 Å². The monoisotopic (exact) mass is 525 g/mol. The Kier molecular flexibility index (Phi) is 7.32. The van der Waals surface area contributed by atoms with E-state index in [0.29, 0.717) is 26.7 Å². The average Bonchev–Trinajstić information content (AvgIpc) is 2.48. The fraction of sp³-hybridized carbons (Fsp3) is 0.133. The molecule has 0 saturated heterocycles. The first-order chi connectivity index (χ1) is 11.0. The van der Waals surface area contributed by atoms with Crippen molar-refractivity contribution in [2.24, 2.45) is 0 Å². The standard InChI is InChI=1S/C15H14BrClIN3OS/c16-11-6-9(19)4-5-14(11)23-7-10-12(17)2-1-3-13(10)21-15(22)20-8-18/h1-6H,7-8,19H2,(H2,20,21,22). The predicted molar refractivity (Wildman–Crippen MR) is 111 cm³/mol. The topological polar surface area (TPSA) is 67.1 Å². The van der Waals surface area contributed by atoms with Gasteiger partial charge in [0, 0.05) is 37.1 Å². The normalized spacial score (nSPS) is 10.4. The van der Waals surface area contributed by atoms with E-state index >= 15 is 0 Å². The Hall–Kier alpha value is -0.640. The van der Waals surface area contributed by atoms with Gasteiger partial charge in [-0.25, -0.2) is 4.79 Å². The van der Waals surface area contributed by atoms with Crippen LogP contribution in [-0.4, -0.2) is 10.6 Å². The van der Waals surface area contributed by atoms with Crippen LogP contribution in [0.4, 0.5) is 16.2 Å². The highest BCUT2D eigenvalue weighted by Gasteiger charge is 2.11. The molecule has 2 amide bonds. The minimum atomic E-state index is -0.249. The molecule has 2 aromatic rings. The van der Waals surface area contributed by atoms with Crippen molar-refractivity contribution in [3.63, 3.8) is 0 Å². The summed E-state index contributed by atoms with van der Waals surface area (Å²) in [6.45, 7) is 0. The summed E-state index contributed by atoms with van der Waals surface area (Å²) >= 11 is 13.5. The van der Waals surface area contributed by atoms with Crippen molar-refractivity contribution in [2.45, 2.75) is 10.6 Å². The molecular weight excluding hydrogens is 513 g/mol. The SMILES string of the molecule is Nc1ccc(SCc2c(Cl)cccc2NC(=O)NCI)c(Br)c1. The maximum atomic E-state index is 11.7. The molecule has 122 valence electrons. The number of carbonyl (C=O) groups is 1. The van der Waals surface area contributed by atoms with Crippen molar-refractivity contribution < 1.29 is 4.79 Å². The highest BCUT2D eigenvalue weighted by molar-refractivity contribution is 14.1. The number of amides is 2. The average molecular weight is 527 g/mol. The second-order valence-corrected chi connectivity index (χ2v) is 7.55. The summed E-state index contributed by atoms with van der Waals surface area (Å²) in [6.07, 6.45) is 0. The highest BCUT2D eigenvalue weighted by atomic mass is 127. The Labute approximate surface area is 166 Å². The third-order valence-electron chi connectivity index (χ3n) is 2.92. The molecule has 0 aliphatic carbocycles. The fourth-order valence-electron chi connectivity index (χ4n) is 1.83. The Balaban J connectivity index is 2.16. The van der Waals surface area contributed by atoms with Crippen molar-refractivity contribution >= 4 is 79.3 Å².